The van der Waals surface area contributed by atoms with Gasteiger partial charge in [-0.2, -0.15) is 10.4 Å². The van der Waals surface area contributed by atoms with Crippen LogP contribution >= 0.6 is 0 Å². The molecule has 2 aromatic rings. The van der Waals surface area contributed by atoms with Crippen LogP contribution in [-0.4, -0.2) is 16.9 Å². The molecule has 88 valence electrons. The van der Waals surface area contributed by atoms with Crippen molar-refractivity contribution >= 4 is 0 Å². The first-order valence-electron chi connectivity index (χ1n) is 5.33. The first kappa shape index (κ1) is 11.8. The van der Waals surface area contributed by atoms with Gasteiger partial charge in [-0.3, -0.25) is 4.68 Å². The van der Waals surface area contributed by atoms with Gasteiger partial charge >= 0.3 is 0 Å². The number of nitriles is 1. The van der Waals surface area contributed by atoms with Gasteiger partial charge in [0.1, 0.15) is 12.3 Å². The van der Waals surface area contributed by atoms with Crippen molar-refractivity contribution in [2.24, 2.45) is 0 Å². The van der Waals surface area contributed by atoms with Gasteiger partial charge in [0.15, 0.2) is 0 Å². The summed E-state index contributed by atoms with van der Waals surface area (Å²) >= 11 is 0. The highest BCUT2D eigenvalue weighted by Gasteiger charge is 2.06. The lowest BCUT2D eigenvalue weighted by Gasteiger charge is -2.05. The number of hydrogen-bond donors (Lipinski definition) is 0. The molecule has 0 aliphatic carbocycles. The summed E-state index contributed by atoms with van der Waals surface area (Å²) in [6.07, 6.45) is 8.90. The number of methoxy groups -OCH3 is 1. The second-order valence-electron chi connectivity index (χ2n) is 3.64. The standard InChI is InChI=1S/C14H11N3O/c1-3-11-4-5-12(8-14(11)18-2)13-9-16-17(10-13)7-6-15/h1,4-5,8-10H,7H2,2H3. The van der Waals surface area contributed by atoms with Gasteiger partial charge in [-0.1, -0.05) is 12.0 Å². The number of terminal acetylenes is 1. The zero-order valence-corrected chi connectivity index (χ0v) is 9.92. The molecule has 0 unspecified atom stereocenters. The molecular formula is C14H11N3O. The topological polar surface area (TPSA) is 50.8 Å². The molecule has 0 radical (unpaired) electrons. The van der Waals surface area contributed by atoms with Gasteiger partial charge in [-0.05, 0) is 17.7 Å². The van der Waals surface area contributed by atoms with Crippen molar-refractivity contribution < 1.29 is 4.74 Å². The molecule has 4 heteroatoms. The summed E-state index contributed by atoms with van der Waals surface area (Å²) in [5.74, 6) is 3.22. The van der Waals surface area contributed by atoms with Crippen LogP contribution in [-0.2, 0) is 6.54 Å². The van der Waals surface area contributed by atoms with Crippen molar-refractivity contribution in [3.8, 4) is 35.3 Å². The third kappa shape index (κ3) is 2.18. The van der Waals surface area contributed by atoms with E-state index in [1.54, 1.807) is 18.0 Å². The van der Waals surface area contributed by atoms with Gasteiger partial charge in [0.2, 0.25) is 0 Å². The highest BCUT2D eigenvalue weighted by Crippen LogP contribution is 2.26. The van der Waals surface area contributed by atoms with Crippen LogP contribution in [0.15, 0.2) is 30.6 Å². The summed E-state index contributed by atoms with van der Waals surface area (Å²) in [4.78, 5) is 0. The quantitative estimate of drug-likeness (QED) is 0.768. The Kier molecular flexibility index (Phi) is 3.31. The Bertz CT molecular complexity index is 644. The van der Waals surface area contributed by atoms with E-state index in [9.17, 15) is 0 Å². The van der Waals surface area contributed by atoms with Gasteiger partial charge in [0, 0.05) is 11.8 Å². The molecule has 0 amide bonds. The van der Waals surface area contributed by atoms with Gasteiger partial charge in [-0.15, -0.1) is 6.42 Å². The fourth-order valence-corrected chi connectivity index (χ4v) is 1.66. The average molecular weight is 237 g/mol. The minimum atomic E-state index is 0.236. The van der Waals surface area contributed by atoms with Crippen molar-refractivity contribution in [1.82, 2.24) is 9.78 Å². The first-order valence-corrected chi connectivity index (χ1v) is 5.33. The Balaban J connectivity index is 2.39. The minimum absolute atomic E-state index is 0.236. The van der Waals surface area contributed by atoms with Crippen molar-refractivity contribution in [2.75, 3.05) is 7.11 Å². The van der Waals surface area contributed by atoms with E-state index in [-0.39, 0.29) is 6.54 Å². The maximum absolute atomic E-state index is 8.60. The van der Waals surface area contributed by atoms with Crippen LogP contribution in [0.1, 0.15) is 5.56 Å². The Morgan fingerprint density at radius 2 is 2.28 bits per heavy atom. The zero-order chi connectivity index (χ0) is 13.0. The lowest BCUT2D eigenvalue weighted by Crippen LogP contribution is -1.94. The fraction of sp³-hybridized carbons (Fsp3) is 0.143. The summed E-state index contributed by atoms with van der Waals surface area (Å²) in [5, 5.41) is 12.7. The number of benzene rings is 1. The molecule has 0 saturated carbocycles. The van der Waals surface area contributed by atoms with E-state index in [2.05, 4.69) is 11.0 Å². The summed E-state index contributed by atoms with van der Waals surface area (Å²) in [6.45, 7) is 0.236. The Morgan fingerprint density at radius 3 is 2.94 bits per heavy atom. The van der Waals surface area contributed by atoms with Crippen molar-refractivity contribution in [3.05, 3.63) is 36.2 Å². The van der Waals surface area contributed by atoms with E-state index in [4.69, 9.17) is 16.4 Å². The Hall–Kier alpha value is -2.72. The lowest BCUT2D eigenvalue weighted by molar-refractivity contribution is 0.414. The number of hydrogen-bond acceptors (Lipinski definition) is 3. The van der Waals surface area contributed by atoms with E-state index in [0.717, 1.165) is 11.1 Å². The van der Waals surface area contributed by atoms with Crippen molar-refractivity contribution in [1.29, 1.82) is 5.26 Å². The monoisotopic (exact) mass is 237 g/mol. The average Bonchev–Trinajstić information content (AvgIpc) is 2.87. The van der Waals surface area contributed by atoms with Gasteiger partial charge in [0.05, 0.1) is 24.9 Å². The van der Waals surface area contributed by atoms with E-state index in [1.165, 1.54) is 0 Å². The van der Waals surface area contributed by atoms with Crippen LogP contribution in [0.5, 0.6) is 5.75 Å². The van der Waals surface area contributed by atoms with Crippen molar-refractivity contribution in [3.63, 3.8) is 0 Å². The molecule has 4 nitrogen and oxygen atoms in total. The third-order valence-corrected chi connectivity index (χ3v) is 2.56. The summed E-state index contributed by atoms with van der Waals surface area (Å²) in [7, 11) is 1.58. The van der Waals surface area contributed by atoms with E-state index in [1.807, 2.05) is 30.5 Å². The summed E-state index contributed by atoms with van der Waals surface area (Å²) in [6, 6.07) is 7.64. The highest BCUT2D eigenvalue weighted by molar-refractivity contribution is 5.66. The lowest BCUT2D eigenvalue weighted by atomic mass is 10.1. The SMILES string of the molecule is C#Cc1ccc(-c2cnn(CC#N)c2)cc1OC. The van der Waals surface area contributed by atoms with Crippen LogP contribution in [0.4, 0.5) is 0 Å². The predicted molar refractivity (Wildman–Crippen MR) is 67.8 cm³/mol. The number of aromatic nitrogens is 2. The van der Waals surface area contributed by atoms with Crippen LogP contribution in [0.25, 0.3) is 11.1 Å². The molecule has 0 atom stereocenters. The molecule has 1 aromatic heterocycles. The third-order valence-electron chi connectivity index (χ3n) is 2.56. The number of nitrogens with zero attached hydrogens (tertiary/aromatic N) is 3. The largest absolute Gasteiger partial charge is 0.495 e. The summed E-state index contributed by atoms with van der Waals surface area (Å²) in [5.41, 5.74) is 2.59. The Morgan fingerprint density at radius 1 is 1.44 bits per heavy atom. The minimum Gasteiger partial charge on any atom is -0.495 e. The summed E-state index contributed by atoms with van der Waals surface area (Å²) < 4.78 is 6.81. The molecule has 0 aliphatic rings. The Labute approximate surface area is 105 Å². The molecule has 0 fully saturated rings. The molecule has 2 rings (SSSR count). The molecule has 0 spiro atoms. The van der Waals surface area contributed by atoms with Crippen LogP contribution in [0.2, 0.25) is 0 Å². The maximum atomic E-state index is 8.60. The molecule has 0 aliphatic heterocycles. The maximum Gasteiger partial charge on any atom is 0.135 e. The van der Waals surface area contributed by atoms with E-state index in [0.29, 0.717) is 11.3 Å². The van der Waals surface area contributed by atoms with Crippen LogP contribution in [0.3, 0.4) is 0 Å². The van der Waals surface area contributed by atoms with Gasteiger partial charge in [0.25, 0.3) is 0 Å². The van der Waals surface area contributed by atoms with E-state index < -0.39 is 0 Å². The highest BCUT2D eigenvalue weighted by atomic mass is 16.5. The molecule has 18 heavy (non-hydrogen) atoms. The molecule has 0 N–H and O–H groups in total. The normalized spacial score (nSPS) is 9.50. The van der Waals surface area contributed by atoms with Crippen LogP contribution < -0.4 is 4.74 Å². The van der Waals surface area contributed by atoms with E-state index >= 15 is 0 Å². The second kappa shape index (κ2) is 5.07. The second-order valence-corrected chi connectivity index (χ2v) is 3.64. The first-order chi connectivity index (χ1) is 8.78. The molecule has 1 aromatic carbocycles. The van der Waals surface area contributed by atoms with Gasteiger partial charge in [-0.25, -0.2) is 0 Å². The molecular weight excluding hydrogens is 226 g/mol. The smallest absolute Gasteiger partial charge is 0.135 e. The predicted octanol–water partition coefficient (Wildman–Crippen LogP) is 2.06. The fourth-order valence-electron chi connectivity index (χ4n) is 1.66. The van der Waals surface area contributed by atoms with Crippen molar-refractivity contribution in [2.45, 2.75) is 6.54 Å². The number of ether oxygens (including phenoxy) is 1. The zero-order valence-electron chi connectivity index (χ0n) is 9.92. The van der Waals surface area contributed by atoms with Crippen LogP contribution in [0, 0.1) is 23.7 Å². The number of rotatable bonds is 3. The molecule has 0 saturated heterocycles. The molecule has 0 bridgehead atoms. The van der Waals surface area contributed by atoms with Gasteiger partial charge < -0.3 is 4.74 Å². The molecule has 1 heterocycles.